The largest absolute Gasteiger partial charge is 0.0991 e. The van der Waals surface area contributed by atoms with Gasteiger partial charge in [-0.2, -0.15) is 0 Å². The number of hydrogen-bond donors (Lipinski definition) is 0. The molecule has 10 heavy (non-hydrogen) atoms. The molecule has 2 aliphatic carbocycles. The van der Waals surface area contributed by atoms with Gasteiger partial charge in [-0.15, -0.1) is 0 Å². The number of hydrogen-bond acceptors (Lipinski definition) is 0. The summed E-state index contributed by atoms with van der Waals surface area (Å²) in [5.41, 5.74) is 1.69. The van der Waals surface area contributed by atoms with E-state index in [1.165, 1.54) is 25.7 Å². The lowest BCUT2D eigenvalue weighted by molar-refractivity contribution is 0.480. The Morgan fingerprint density at radius 2 is 1.80 bits per heavy atom. The van der Waals surface area contributed by atoms with E-state index >= 15 is 0 Å². The zero-order chi connectivity index (χ0) is 6.97. The molecule has 0 saturated heterocycles. The first-order chi connectivity index (χ1) is 4.93. The van der Waals surface area contributed by atoms with Crippen LogP contribution in [-0.2, 0) is 0 Å². The summed E-state index contributed by atoms with van der Waals surface area (Å²) in [6, 6.07) is 0. The van der Waals surface area contributed by atoms with Gasteiger partial charge in [-0.1, -0.05) is 37.1 Å². The van der Waals surface area contributed by atoms with Gasteiger partial charge in [-0.3, -0.25) is 0 Å². The van der Waals surface area contributed by atoms with E-state index in [-0.39, 0.29) is 0 Å². The molecule has 2 saturated carbocycles. The van der Waals surface area contributed by atoms with Crippen LogP contribution in [0.2, 0.25) is 0 Å². The Hall–Kier alpha value is -0.520. The molecule has 0 aliphatic heterocycles. The van der Waals surface area contributed by atoms with E-state index in [1.807, 2.05) is 6.08 Å². The van der Waals surface area contributed by atoms with Crippen molar-refractivity contribution in [1.82, 2.24) is 0 Å². The zero-order valence-electron chi connectivity index (χ0n) is 6.34. The number of rotatable bonds is 1. The Morgan fingerprint density at radius 1 is 1.20 bits per heavy atom. The van der Waals surface area contributed by atoms with Gasteiger partial charge in [0.25, 0.3) is 0 Å². The van der Waals surface area contributed by atoms with Crippen LogP contribution in [0.25, 0.3) is 0 Å². The van der Waals surface area contributed by atoms with Crippen LogP contribution in [-0.4, -0.2) is 0 Å². The normalized spacial score (nSPS) is 36.6. The highest BCUT2D eigenvalue weighted by Gasteiger charge is 2.43. The van der Waals surface area contributed by atoms with Gasteiger partial charge in [0.1, 0.15) is 0 Å². The Morgan fingerprint density at radius 3 is 2.30 bits per heavy atom. The Kier molecular flexibility index (Phi) is 1.40. The maximum atomic E-state index is 3.72. The zero-order valence-corrected chi connectivity index (χ0v) is 6.34. The standard InChI is InChI=1S/C10H14/c1-2-5-8-9-6-3-4-7-10(8)9/h2,5,9-10H,1,3-4,6-7H2. The number of allylic oxidation sites excluding steroid dienone is 3. The highest BCUT2D eigenvalue weighted by atomic mass is 14.5. The summed E-state index contributed by atoms with van der Waals surface area (Å²) in [4.78, 5) is 0. The molecule has 0 heteroatoms. The Labute approximate surface area is 62.6 Å². The lowest BCUT2D eigenvalue weighted by Crippen LogP contribution is -1.91. The van der Waals surface area contributed by atoms with Crippen molar-refractivity contribution in [3.63, 3.8) is 0 Å². The fourth-order valence-corrected chi connectivity index (χ4v) is 2.25. The minimum atomic E-state index is 0.978. The second-order valence-electron chi connectivity index (χ2n) is 3.40. The Bertz CT molecular complexity index is 162. The second-order valence-corrected chi connectivity index (χ2v) is 3.40. The van der Waals surface area contributed by atoms with Gasteiger partial charge in [-0.25, -0.2) is 0 Å². The summed E-state index contributed by atoms with van der Waals surface area (Å²) in [5, 5.41) is 0. The maximum Gasteiger partial charge on any atom is -0.0131 e. The highest BCUT2D eigenvalue weighted by molar-refractivity contribution is 5.33. The maximum absolute atomic E-state index is 3.72. The third-order valence-corrected chi connectivity index (χ3v) is 2.82. The minimum Gasteiger partial charge on any atom is -0.0991 e. The van der Waals surface area contributed by atoms with E-state index < -0.39 is 0 Å². The van der Waals surface area contributed by atoms with Crippen LogP contribution >= 0.6 is 0 Å². The van der Waals surface area contributed by atoms with Gasteiger partial charge < -0.3 is 0 Å². The summed E-state index contributed by atoms with van der Waals surface area (Å²) >= 11 is 0. The van der Waals surface area contributed by atoms with E-state index in [9.17, 15) is 0 Å². The van der Waals surface area contributed by atoms with Crippen molar-refractivity contribution >= 4 is 0 Å². The quantitative estimate of drug-likeness (QED) is 0.517. The summed E-state index contributed by atoms with van der Waals surface area (Å²) < 4.78 is 0. The van der Waals surface area contributed by atoms with Crippen molar-refractivity contribution in [2.45, 2.75) is 25.7 Å². The molecule has 0 spiro atoms. The van der Waals surface area contributed by atoms with Crippen LogP contribution in [0.4, 0.5) is 0 Å². The monoisotopic (exact) mass is 134 g/mol. The van der Waals surface area contributed by atoms with Gasteiger partial charge >= 0.3 is 0 Å². The van der Waals surface area contributed by atoms with Crippen LogP contribution in [0, 0.1) is 11.8 Å². The minimum absolute atomic E-state index is 0.978. The summed E-state index contributed by atoms with van der Waals surface area (Å²) in [6.45, 7) is 3.72. The molecule has 0 nitrogen and oxygen atoms in total. The van der Waals surface area contributed by atoms with Crippen LogP contribution < -0.4 is 0 Å². The van der Waals surface area contributed by atoms with Crippen molar-refractivity contribution in [2.75, 3.05) is 0 Å². The average molecular weight is 134 g/mol. The summed E-state index contributed by atoms with van der Waals surface area (Å²) in [7, 11) is 0. The molecule has 0 aromatic carbocycles. The molecule has 54 valence electrons. The first kappa shape index (κ1) is 6.21. The molecule has 0 amide bonds. The third-order valence-electron chi connectivity index (χ3n) is 2.82. The van der Waals surface area contributed by atoms with Gasteiger partial charge in [-0.05, 0) is 24.7 Å². The molecule has 0 heterocycles. The molecular formula is C10H14. The smallest absolute Gasteiger partial charge is 0.0131 e. The van der Waals surface area contributed by atoms with Crippen molar-refractivity contribution in [2.24, 2.45) is 11.8 Å². The van der Waals surface area contributed by atoms with Gasteiger partial charge in [0.2, 0.25) is 0 Å². The predicted octanol–water partition coefficient (Wildman–Crippen LogP) is 2.92. The van der Waals surface area contributed by atoms with E-state index in [0.29, 0.717) is 0 Å². The Balaban J connectivity index is 2.05. The van der Waals surface area contributed by atoms with Crippen LogP contribution in [0.3, 0.4) is 0 Å². The summed E-state index contributed by atoms with van der Waals surface area (Å²) in [5.74, 6) is 1.96. The molecule has 0 radical (unpaired) electrons. The molecule has 2 aliphatic rings. The number of fused-ring (bicyclic) bond motifs is 1. The second kappa shape index (κ2) is 2.26. The fourth-order valence-electron chi connectivity index (χ4n) is 2.25. The average Bonchev–Trinajstić information content (AvgIpc) is 2.66. The van der Waals surface area contributed by atoms with Gasteiger partial charge in [0, 0.05) is 0 Å². The molecular weight excluding hydrogens is 120 g/mol. The lowest BCUT2D eigenvalue weighted by Gasteiger charge is -2.04. The molecule has 0 bridgehead atoms. The van der Waals surface area contributed by atoms with Gasteiger partial charge in [0.05, 0.1) is 0 Å². The molecule has 0 aromatic rings. The van der Waals surface area contributed by atoms with Gasteiger partial charge in [0.15, 0.2) is 0 Å². The lowest BCUT2D eigenvalue weighted by atomic mass is 10.0. The van der Waals surface area contributed by atoms with Crippen LogP contribution in [0.5, 0.6) is 0 Å². The van der Waals surface area contributed by atoms with Crippen LogP contribution in [0.1, 0.15) is 25.7 Å². The molecule has 2 fully saturated rings. The van der Waals surface area contributed by atoms with E-state index in [4.69, 9.17) is 0 Å². The van der Waals surface area contributed by atoms with Crippen molar-refractivity contribution in [3.8, 4) is 0 Å². The molecule has 2 rings (SSSR count). The first-order valence-corrected chi connectivity index (χ1v) is 4.26. The van der Waals surface area contributed by atoms with E-state index in [0.717, 1.165) is 11.8 Å². The van der Waals surface area contributed by atoms with Crippen molar-refractivity contribution in [3.05, 3.63) is 24.3 Å². The topological polar surface area (TPSA) is 0 Å². The SMILES string of the molecule is C=CC=C1C2CCCCC12. The molecule has 0 aromatic heterocycles. The first-order valence-electron chi connectivity index (χ1n) is 4.26. The summed E-state index contributed by atoms with van der Waals surface area (Å²) in [6.07, 6.45) is 9.97. The molecule has 2 atom stereocenters. The molecule has 0 N–H and O–H groups in total. The fraction of sp³-hybridized carbons (Fsp3) is 0.600. The van der Waals surface area contributed by atoms with Crippen molar-refractivity contribution in [1.29, 1.82) is 0 Å². The predicted molar refractivity (Wildman–Crippen MR) is 43.7 cm³/mol. The highest BCUT2D eigenvalue weighted by Crippen LogP contribution is 2.54. The van der Waals surface area contributed by atoms with Crippen LogP contribution in [0.15, 0.2) is 24.3 Å². The van der Waals surface area contributed by atoms with Crippen molar-refractivity contribution < 1.29 is 0 Å². The third kappa shape index (κ3) is 0.828. The molecule has 2 unspecified atom stereocenters. The van der Waals surface area contributed by atoms with E-state index in [2.05, 4.69) is 12.7 Å². The van der Waals surface area contributed by atoms with E-state index in [1.54, 1.807) is 5.57 Å².